The molecule has 1 aliphatic heterocycles. The summed E-state index contributed by atoms with van der Waals surface area (Å²) in [6.45, 7) is -0.0572. The number of nitrogens with zero attached hydrogens (tertiary/aromatic N) is 4. The fourth-order valence-electron chi connectivity index (χ4n) is 3.01. The van der Waals surface area contributed by atoms with E-state index in [9.17, 15) is 17.6 Å². The van der Waals surface area contributed by atoms with E-state index in [0.29, 0.717) is 16.7 Å². The number of rotatable bonds is 5. The van der Waals surface area contributed by atoms with Gasteiger partial charge < -0.3 is 9.30 Å². The first-order valence-corrected chi connectivity index (χ1v) is 10.3. The minimum absolute atomic E-state index is 0.0446. The maximum absolute atomic E-state index is 13.3. The second-order valence-electron chi connectivity index (χ2n) is 6.65. The molecule has 4 rings (SSSR count). The molecule has 2 aromatic heterocycles. The van der Waals surface area contributed by atoms with Crippen molar-refractivity contribution >= 4 is 26.9 Å². The summed E-state index contributed by atoms with van der Waals surface area (Å²) in [6, 6.07) is 9.43. The average Bonchev–Trinajstić information content (AvgIpc) is 3.13. The lowest BCUT2D eigenvalue weighted by Crippen LogP contribution is -2.34. The molecule has 1 N–H and O–H groups in total. The number of ether oxygens (including phenoxy) is 1. The van der Waals surface area contributed by atoms with Crippen LogP contribution < -0.4 is 15.0 Å². The molecule has 0 amide bonds. The molecule has 1 aliphatic rings. The fourth-order valence-corrected chi connectivity index (χ4v) is 4.22. The van der Waals surface area contributed by atoms with Gasteiger partial charge in [0, 0.05) is 26.2 Å². The van der Waals surface area contributed by atoms with Crippen LogP contribution in [0.25, 0.3) is 10.9 Å². The Labute approximate surface area is 166 Å². The van der Waals surface area contributed by atoms with E-state index in [4.69, 9.17) is 4.74 Å². The Morgan fingerprint density at radius 3 is 2.86 bits per heavy atom. The molecule has 3 aromatic rings. The SMILES string of the molecule is Cn1cnc2ccc(Oc3cccc(NS(=O)(=O)N4CCC(F)C4)n3)cc2c1=O. The molecule has 0 radical (unpaired) electrons. The fraction of sp³-hybridized carbons (Fsp3) is 0.278. The molecule has 29 heavy (non-hydrogen) atoms. The van der Waals surface area contributed by atoms with Crippen LogP contribution in [0.5, 0.6) is 11.6 Å². The summed E-state index contributed by atoms with van der Waals surface area (Å²) in [5.74, 6) is 0.535. The molecule has 0 bridgehead atoms. The molecular formula is C18H18FN5O4S. The predicted octanol–water partition coefficient (Wildman–Crippen LogP) is 1.82. The van der Waals surface area contributed by atoms with Gasteiger partial charge in [0.2, 0.25) is 5.88 Å². The number of benzene rings is 1. The number of aromatic nitrogens is 3. The minimum Gasteiger partial charge on any atom is -0.439 e. The normalized spacial score (nSPS) is 17.5. The molecule has 1 unspecified atom stereocenters. The van der Waals surface area contributed by atoms with E-state index in [2.05, 4.69) is 14.7 Å². The number of fused-ring (bicyclic) bond motifs is 1. The molecule has 152 valence electrons. The Kier molecular flexibility index (Phi) is 4.92. The maximum Gasteiger partial charge on any atom is 0.302 e. The molecule has 1 aromatic carbocycles. The standard InChI is InChI=1S/C18H18FN5O4S/c1-23-11-20-15-6-5-13(9-14(15)18(23)25)28-17-4-2-3-16(21-17)22-29(26,27)24-8-7-12(19)10-24/h2-6,9,11-12H,7-8,10H2,1H3,(H,21,22). The summed E-state index contributed by atoms with van der Waals surface area (Å²) < 4.78 is 48.4. The van der Waals surface area contributed by atoms with E-state index in [1.165, 1.54) is 17.0 Å². The van der Waals surface area contributed by atoms with Gasteiger partial charge in [-0.1, -0.05) is 6.07 Å². The van der Waals surface area contributed by atoms with Gasteiger partial charge in [-0.05, 0) is 30.7 Å². The molecular weight excluding hydrogens is 401 g/mol. The van der Waals surface area contributed by atoms with Gasteiger partial charge in [0.1, 0.15) is 17.7 Å². The number of pyridine rings is 1. The molecule has 0 aliphatic carbocycles. The van der Waals surface area contributed by atoms with Gasteiger partial charge in [0.05, 0.1) is 17.2 Å². The number of hydrogen-bond donors (Lipinski definition) is 1. The van der Waals surface area contributed by atoms with Gasteiger partial charge in [0.15, 0.2) is 0 Å². The Morgan fingerprint density at radius 2 is 2.10 bits per heavy atom. The summed E-state index contributed by atoms with van der Waals surface area (Å²) in [6.07, 6.45) is 0.450. The number of hydrogen-bond acceptors (Lipinski definition) is 6. The van der Waals surface area contributed by atoms with E-state index in [0.717, 1.165) is 4.31 Å². The summed E-state index contributed by atoms with van der Waals surface area (Å²) in [5.41, 5.74) is 0.318. The van der Waals surface area contributed by atoms with Gasteiger partial charge >= 0.3 is 10.2 Å². The topological polar surface area (TPSA) is 106 Å². The van der Waals surface area contributed by atoms with Crippen LogP contribution in [0.3, 0.4) is 0 Å². The molecule has 1 saturated heterocycles. The minimum atomic E-state index is -3.90. The lowest BCUT2D eigenvalue weighted by atomic mass is 10.2. The third-order valence-electron chi connectivity index (χ3n) is 4.50. The number of halogens is 1. The van der Waals surface area contributed by atoms with Crippen LogP contribution in [-0.2, 0) is 17.3 Å². The second-order valence-corrected chi connectivity index (χ2v) is 8.32. The highest BCUT2D eigenvalue weighted by molar-refractivity contribution is 7.90. The van der Waals surface area contributed by atoms with Crippen LogP contribution >= 0.6 is 0 Å². The van der Waals surface area contributed by atoms with Crippen molar-refractivity contribution in [2.75, 3.05) is 17.8 Å². The Balaban J connectivity index is 1.56. The smallest absolute Gasteiger partial charge is 0.302 e. The monoisotopic (exact) mass is 419 g/mol. The summed E-state index contributed by atoms with van der Waals surface area (Å²) >= 11 is 0. The lowest BCUT2D eigenvalue weighted by molar-refractivity contribution is 0.343. The highest BCUT2D eigenvalue weighted by Crippen LogP contribution is 2.24. The van der Waals surface area contributed by atoms with Crippen LogP contribution in [-0.4, -0.2) is 46.5 Å². The van der Waals surface area contributed by atoms with E-state index in [-0.39, 0.29) is 36.8 Å². The van der Waals surface area contributed by atoms with E-state index >= 15 is 0 Å². The molecule has 1 fully saturated rings. The maximum atomic E-state index is 13.3. The molecule has 11 heteroatoms. The van der Waals surface area contributed by atoms with Crippen molar-refractivity contribution < 1.29 is 17.5 Å². The summed E-state index contributed by atoms with van der Waals surface area (Å²) in [5, 5.41) is 0.388. The van der Waals surface area contributed by atoms with Crippen LogP contribution in [0.4, 0.5) is 10.2 Å². The molecule has 0 saturated carbocycles. The number of nitrogens with one attached hydrogen (secondary N) is 1. The van der Waals surface area contributed by atoms with Crippen molar-refractivity contribution in [2.45, 2.75) is 12.6 Å². The van der Waals surface area contributed by atoms with Crippen molar-refractivity contribution in [3.05, 3.63) is 53.1 Å². The van der Waals surface area contributed by atoms with Crippen molar-refractivity contribution in [2.24, 2.45) is 7.05 Å². The third-order valence-corrected chi connectivity index (χ3v) is 5.98. The average molecular weight is 419 g/mol. The Hall–Kier alpha value is -3.05. The molecule has 0 spiro atoms. The quantitative estimate of drug-likeness (QED) is 0.676. The largest absolute Gasteiger partial charge is 0.439 e. The zero-order chi connectivity index (χ0) is 20.6. The van der Waals surface area contributed by atoms with Crippen molar-refractivity contribution in [3.8, 4) is 11.6 Å². The first kappa shape index (κ1) is 19.3. The Bertz CT molecular complexity index is 1230. The molecule has 3 heterocycles. The van der Waals surface area contributed by atoms with Crippen molar-refractivity contribution in [1.29, 1.82) is 0 Å². The summed E-state index contributed by atoms with van der Waals surface area (Å²) in [7, 11) is -2.30. The third kappa shape index (κ3) is 4.05. The first-order chi connectivity index (χ1) is 13.8. The van der Waals surface area contributed by atoms with Gasteiger partial charge in [-0.3, -0.25) is 9.52 Å². The predicted molar refractivity (Wildman–Crippen MR) is 105 cm³/mol. The first-order valence-electron chi connectivity index (χ1n) is 8.84. The number of aryl methyl sites for hydroxylation is 1. The van der Waals surface area contributed by atoms with Gasteiger partial charge in [-0.2, -0.15) is 17.7 Å². The van der Waals surface area contributed by atoms with Gasteiger partial charge in [-0.25, -0.2) is 9.37 Å². The molecule has 9 nitrogen and oxygen atoms in total. The van der Waals surface area contributed by atoms with Crippen LogP contribution in [0.2, 0.25) is 0 Å². The summed E-state index contributed by atoms with van der Waals surface area (Å²) in [4.78, 5) is 20.5. The van der Waals surface area contributed by atoms with E-state index in [1.807, 2.05) is 0 Å². The lowest BCUT2D eigenvalue weighted by Gasteiger charge is -2.16. The zero-order valence-corrected chi connectivity index (χ0v) is 16.3. The second kappa shape index (κ2) is 7.41. The van der Waals surface area contributed by atoms with E-state index in [1.54, 1.807) is 37.4 Å². The van der Waals surface area contributed by atoms with E-state index < -0.39 is 16.4 Å². The van der Waals surface area contributed by atoms with Gasteiger partial charge in [-0.15, -0.1) is 0 Å². The van der Waals surface area contributed by atoms with Crippen LogP contribution in [0.15, 0.2) is 47.5 Å². The van der Waals surface area contributed by atoms with Crippen molar-refractivity contribution in [3.63, 3.8) is 0 Å². The number of anilines is 1. The highest BCUT2D eigenvalue weighted by atomic mass is 32.2. The molecule has 1 atom stereocenters. The number of alkyl halides is 1. The Morgan fingerprint density at radius 1 is 1.28 bits per heavy atom. The zero-order valence-electron chi connectivity index (χ0n) is 15.4. The highest BCUT2D eigenvalue weighted by Gasteiger charge is 2.31. The van der Waals surface area contributed by atoms with Gasteiger partial charge in [0.25, 0.3) is 5.56 Å². The van der Waals surface area contributed by atoms with Crippen molar-refractivity contribution in [1.82, 2.24) is 18.8 Å². The van der Waals surface area contributed by atoms with Crippen LogP contribution in [0, 0.1) is 0 Å². The van der Waals surface area contributed by atoms with Crippen LogP contribution in [0.1, 0.15) is 6.42 Å².